The zero-order valence-electron chi connectivity index (χ0n) is 12.7. The Morgan fingerprint density at radius 1 is 1.00 bits per heavy atom. The molecule has 0 N–H and O–H groups in total. The minimum absolute atomic E-state index is 0.0835. The number of sulfonamides is 1. The summed E-state index contributed by atoms with van der Waals surface area (Å²) >= 11 is 0. The summed E-state index contributed by atoms with van der Waals surface area (Å²) in [5.74, 6) is -1.40. The lowest BCUT2D eigenvalue weighted by Gasteiger charge is -2.21. The maximum atomic E-state index is 13.9. The van der Waals surface area contributed by atoms with E-state index in [2.05, 4.69) is 0 Å². The summed E-state index contributed by atoms with van der Waals surface area (Å²) in [6.45, 7) is 0. The van der Waals surface area contributed by atoms with Gasteiger partial charge in [-0.15, -0.1) is 0 Å². The smallest absolute Gasteiger partial charge is 0.267 e. The lowest BCUT2D eigenvalue weighted by atomic mass is 10.3. The number of hydrogen-bond acceptors (Lipinski definition) is 4. The second-order valence-electron chi connectivity index (χ2n) is 4.59. The average molecular weight is 343 g/mol. The quantitative estimate of drug-likeness (QED) is 0.838. The number of methoxy groups -OCH3 is 2. The van der Waals surface area contributed by atoms with E-state index in [0.717, 1.165) is 16.4 Å². The van der Waals surface area contributed by atoms with Crippen molar-refractivity contribution in [3.63, 3.8) is 0 Å². The molecule has 0 saturated carbocycles. The van der Waals surface area contributed by atoms with E-state index in [9.17, 15) is 17.2 Å². The van der Waals surface area contributed by atoms with Crippen LogP contribution in [0.1, 0.15) is 0 Å². The van der Waals surface area contributed by atoms with Gasteiger partial charge in [-0.1, -0.05) is 0 Å². The van der Waals surface area contributed by atoms with Crippen molar-refractivity contribution in [1.82, 2.24) is 0 Å². The van der Waals surface area contributed by atoms with Crippen LogP contribution in [0.3, 0.4) is 0 Å². The van der Waals surface area contributed by atoms with Crippen molar-refractivity contribution in [2.24, 2.45) is 0 Å². The van der Waals surface area contributed by atoms with Crippen LogP contribution in [0, 0.1) is 11.6 Å². The van der Waals surface area contributed by atoms with Crippen LogP contribution in [0.2, 0.25) is 0 Å². The minimum Gasteiger partial charge on any atom is -0.497 e. The number of nitrogens with zero attached hydrogens (tertiary/aromatic N) is 1. The summed E-state index contributed by atoms with van der Waals surface area (Å²) in [4.78, 5) is -0.189. The van der Waals surface area contributed by atoms with Gasteiger partial charge in [0, 0.05) is 19.2 Å². The van der Waals surface area contributed by atoms with E-state index >= 15 is 0 Å². The van der Waals surface area contributed by atoms with E-state index in [4.69, 9.17) is 9.47 Å². The Hall–Kier alpha value is -2.35. The molecule has 0 unspecified atom stereocenters. The summed E-state index contributed by atoms with van der Waals surface area (Å²) in [5, 5.41) is 0. The monoisotopic (exact) mass is 343 g/mol. The van der Waals surface area contributed by atoms with Gasteiger partial charge in [0.25, 0.3) is 10.0 Å². The van der Waals surface area contributed by atoms with Gasteiger partial charge in [-0.3, -0.25) is 4.31 Å². The number of anilines is 1. The predicted octanol–water partition coefficient (Wildman–Crippen LogP) is 2.81. The molecule has 0 saturated heterocycles. The van der Waals surface area contributed by atoms with E-state index in [1.165, 1.54) is 39.5 Å². The van der Waals surface area contributed by atoms with Crippen molar-refractivity contribution in [2.75, 3.05) is 25.6 Å². The van der Waals surface area contributed by atoms with Crippen molar-refractivity contribution in [3.8, 4) is 11.5 Å². The summed E-state index contributed by atoms with van der Waals surface area (Å²) in [6, 6.07) is 6.88. The van der Waals surface area contributed by atoms with Crippen molar-refractivity contribution < 1.29 is 26.7 Å². The van der Waals surface area contributed by atoms with Crippen LogP contribution in [-0.2, 0) is 10.0 Å². The van der Waals surface area contributed by atoms with Crippen LogP contribution < -0.4 is 13.8 Å². The van der Waals surface area contributed by atoms with Gasteiger partial charge in [-0.05, 0) is 24.3 Å². The summed E-state index contributed by atoms with van der Waals surface area (Å²) < 4.78 is 63.2. The highest BCUT2D eigenvalue weighted by molar-refractivity contribution is 7.93. The third kappa shape index (κ3) is 3.21. The zero-order valence-corrected chi connectivity index (χ0v) is 13.5. The average Bonchev–Trinajstić information content (AvgIpc) is 2.53. The van der Waals surface area contributed by atoms with E-state index in [1.807, 2.05) is 0 Å². The van der Waals surface area contributed by atoms with Gasteiger partial charge in [0.15, 0.2) is 0 Å². The molecule has 0 atom stereocenters. The van der Waals surface area contributed by atoms with Crippen LogP contribution in [0.5, 0.6) is 11.5 Å². The van der Waals surface area contributed by atoms with E-state index in [-0.39, 0.29) is 16.3 Å². The third-order valence-corrected chi connectivity index (χ3v) is 5.05. The SMILES string of the molecule is COc1ccc(OC)c(S(=O)(=O)N(C)c2ccc(F)cc2F)c1. The van der Waals surface area contributed by atoms with Gasteiger partial charge in [-0.2, -0.15) is 0 Å². The van der Waals surface area contributed by atoms with Crippen molar-refractivity contribution in [2.45, 2.75) is 4.90 Å². The first-order chi connectivity index (χ1) is 10.8. The van der Waals surface area contributed by atoms with Crippen molar-refractivity contribution in [1.29, 1.82) is 0 Å². The van der Waals surface area contributed by atoms with Crippen LogP contribution >= 0.6 is 0 Å². The minimum atomic E-state index is -4.14. The van der Waals surface area contributed by atoms with Gasteiger partial charge in [0.05, 0.1) is 19.9 Å². The first kappa shape index (κ1) is 17.0. The number of halogens is 2. The molecule has 2 rings (SSSR count). The van der Waals surface area contributed by atoms with Crippen LogP contribution in [0.25, 0.3) is 0 Å². The van der Waals surface area contributed by atoms with E-state index < -0.39 is 21.7 Å². The molecular formula is C15H15F2NO4S. The molecule has 0 fully saturated rings. The highest BCUT2D eigenvalue weighted by atomic mass is 32.2. The molecule has 0 radical (unpaired) electrons. The number of benzene rings is 2. The van der Waals surface area contributed by atoms with Gasteiger partial charge in [0.2, 0.25) is 0 Å². The Morgan fingerprint density at radius 3 is 2.26 bits per heavy atom. The topological polar surface area (TPSA) is 55.8 Å². The zero-order chi connectivity index (χ0) is 17.2. The Kier molecular flexibility index (Phi) is 4.74. The molecule has 0 bridgehead atoms. The molecule has 0 aliphatic rings. The maximum Gasteiger partial charge on any atom is 0.267 e. The van der Waals surface area contributed by atoms with E-state index in [0.29, 0.717) is 11.8 Å². The summed E-state index contributed by atoms with van der Waals surface area (Å²) in [5.41, 5.74) is -0.281. The second kappa shape index (κ2) is 6.41. The highest BCUT2D eigenvalue weighted by Crippen LogP contribution is 2.33. The molecular weight excluding hydrogens is 328 g/mol. The fourth-order valence-corrected chi connectivity index (χ4v) is 3.37. The molecule has 5 nitrogen and oxygen atoms in total. The number of ether oxygens (including phenoxy) is 2. The molecule has 0 aliphatic heterocycles. The predicted molar refractivity (Wildman–Crippen MR) is 81.5 cm³/mol. The Morgan fingerprint density at radius 2 is 1.70 bits per heavy atom. The molecule has 0 aliphatic carbocycles. The first-order valence-corrected chi connectivity index (χ1v) is 7.91. The third-order valence-electron chi connectivity index (χ3n) is 3.26. The van der Waals surface area contributed by atoms with Crippen LogP contribution in [0.15, 0.2) is 41.3 Å². The number of rotatable bonds is 5. The molecule has 2 aromatic rings. The Labute approximate surface area is 133 Å². The lowest BCUT2D eigenvalue weighted by molar-refractivity contribution is 0.392. The molecule has 0 heterocycles. The van der Waals surface area contributed by atoms with Crippen molar-refractivity contribution >= 4 is 15.7 Å². The molecule has 124 valence electrons. The summed E-state index contributed by atoms with van der Waals surface area (Å²) in [7, 11) is -0.256. The fraction of sp³-hybridized carbons (Fsp3) is 0.200. The van der Waals surface area contributed by atoms with E-state index in [1.54, 1.807) is 0 Å². The largest absolute Gasteiger partial charge is 0.497 e. The molecule has 2 aromatic carbocycles. The first-order valence-electron chi connectivity index (χ1n) is 6.47. The highest BCUT2D eigenvalue weighted by Gasteiger charge is 2.27. The fourth-order valence-electron chi connectivity index (χ4n) is 2.00. The molecule has 0 spiro atoms. The standard InChI is InChI=1S/C15H15F2NO4S/c1-18(13-6-4-10(16)8-12(13)17)23(19,20)15-9-11(21-2)5-7-14(15)22-3/h4-9H,1-3H3. The molecule has 0 aromatic heterocycles. The summed E-state index contributed by atoms with van der Waals surface area (Å²) in [6.07, 6.45) is 0. The molecule has 0 amide bonds. The second-order valence-corrected chi connectivity index (χ2v) is 6.52. The maximum absolute atomic E-state index is 13.9. The Balaban J connectivity index is 2.57. The molecule has 23 heavy (non-hydrogen) atoms. The molecule has 8 heteroatoms. The normalized spacial score (nSPS) is 11.2. The van der Waals surface area contributed by atoms with Gasteiger partial charge >= 0.3 is 0 Å². The number of hydrogen-bond donors (Lipinski definition) is 0. The van der Waals surface area contributed by atoms with Gasteiger partial charge in [0.1, 0.15) is 28.0 Å². The Bertz CT molecular complexity index is 824. The van der Waals surface area contributed by atoms with Crippen molar-refractivity contribution in [3.05, 3.63) is 48.0 Å². The van der Waals surface area contributed by atoms with Crippen LogP contribution in [0.4, 0.5) is 14.5 Å². The van der Waals surface area contributed by atoms with Gasteiger partial charge < -0.3 is 9.47 Å². The lowest BCUT2D eigenvalue weighted by Crippen LogP contribution is -2.28. The van der Waals surface area contributed by atoms with Gasteiger partial charge in [-0.25, -0.2) is 17.2 Å². The van der Waals surface area contributed by atoms with Crippen LogP contribution in [-0.4, -0.2) is 29.7 Å².